The van der Waals surface area contributed by atoms with Crippen LogP contribution >= 0.6 is 0 Å². The van der Waals surface area contributed by atoms with Crippen molar-refractivity contribution in [3.8, 4) is 0 Å². The van der Waals surface area contributed by atoms with Gasteiger partial charge >= 0.3 is 5.82 Å². The van der Waals surface area contributed by atoms with E-state index in [1.54, 1.807) is 6.20 Å². The van der Waals surface area contributed by atoms with E-state index in [0.29, 0.717) is 6.54 Å². The minimum absolute atomic E-state index is 0.0232. The van der Waals surface area contributed by atoms with Crippen LogP contribution in [0.5, 0.6) is 0 Å². The van der Waals surface area contributed by atoms with Gasteiger partial charge in [-0.05, 0) is 49.4 Å². The summed E-state index contributed by atoms with van der Waals surface area (Å²) in [6.45, 7) is 2.22. The Hall–Kier alpha value is -2.81. The molecule has 3 rings (SSSR count). The summed E-state index contributed by atoms with van der Waals surface area (Å²) < 4.78 is 1.32. The number of pyridine rings is 1. The number of hydrogen-bond donors (Lipinski definition) is 1. The minimum atomic E-state index is -0.566. The van der Waals surface area contributed by atoms with Crippen molar-refractivity contribution in [1.82, 2.24) is 25.0 Å². The van der Waals surface area contributed by atoms with Gasteiger partial charge in [0.15, 0.2) is 0 Å². The predicted molar refractivity (Wildman–Crippen MR) is 94.2 cm³/mol. The van der Waals surface area contributed by atoms with Crippen LogP contribution in [0.15, 0.2) is 36.7 Å². The number of rotatable bonds is 6. The Morgan fingerprint density at radius 2 is 2.23 bits per heavy atom. The molecule has 1 aliphatic rings. The molecule has 1 atom stereocenters. The van der Waals surface area contributed by atoms with E-state index in [2.05, 4.69) is 15.4 Å². The van der Waals surface area contributed by atoms with Crippen LogP contribution in [-0.2, 0) is 17.9 Å². The topological polar surface area (TPSA) is 106 Å². The van der Waals surface area contributed by atoms with Gasteiger partial charge in [0.2, 0.25) is 5.91 Å². The Morgan fingerprint density at radius 3 is 2.96 bits per heavy atom. The standard InChI is InChI=1S/C17H22N6O3/c24-17(13-21-11-7-16(20-21)23(25)26)22(12-14-4-1-2-9-19-14)15-5-3-8-18-10-6-15/h1-2,4,7,9,11,15,18H,3,5-6,8,10,12-13H2. The van der Waals surface area contributed by atoms with Crippen molar-refractivity contribution in [2.45, 2.75) is 38.4 Å². The molecule has 9 nitrogen and oxygen atoms in total. The molecule has 1 saturated heterocycles. The van der Waals surface area contributed by atoms with Gasteiger partial charge in [-0.1, -0.05) is 6.07 Å². The number of carbonyl (C=O) groups is 1. The second-order valence-electron chi connectivity index (χ2n) is 6.31. The molecule has 1 unspecified atom stereocenters. The van der Waals surface area contributed by atoms with Gasteiger partial charge in [-0.15, -0.1) is 0 Å². The normalized spacial score (nSPS) is 17.5. The van der Waals surface area contributed by atoms with E-state index < -0.39 is 4.92 Å². The fourth-order valence-corrected chi connectivity index (χ4v) is 3.17. The lowest BCUT2D eigenvalue weighted by Gasteiger charge is -2.30. The molecule has 1 fully saturated rings. The van der Waals surface area contributed by atoms with Crippen molar-refractivity contribution in [1.29, 1.82) is 0 Å². The van der Waals surface area contributed by atoms with Crippen molar-refractivity contribution in [3.63, 3.8) is 0 Å². The van der Waals surface area contributed by atoms with Gasteiger partial charge in [0.25, 0.3) is 0 Å². The van der Waals surface area contributed by atoms with Crippen LogP contribution in [0.3, 0.4) is 0 Å². The summed E-state index contributed by atoms with van der Waals surface area (Å²) >= 11 is 0. The second-order valence-corrected chi connectivity index (χ2v) is 6.31. The van der Waals surface area contributed by atoms with E-state index in [1.807, 2.05) is 23.1 Å². The Bertz CT molecular complexity index is 740. The zero-order valence-corrected chi connectivity index (χ0v) is 14.5. The highest BCUT2D eigenvalue weighted by molar-refractivity contribution is 5.76. The van der Waals surface area contributed by atoms with Gasteiger partial charge in [0, 0.05) is 12.2 Å². The van der Waals surface area contributed by atoms with Gasteiger partial charge in [-0.3, -0.25) is 9.78 Å². The maximum Gasteiger partial charge on any atom is 0.389 e. The minimum Gasteiger partial charge on any atom is -0.358 e. The zero-order chi connectivity index (χ0) is 18.4. The van der Waals surface area contributed by atoms with Gasteiger partial charge in [-0.2, -0.15) is 4.68 Å². The first kappa shape index (κ1) is 18.0. The van der Waals surface area contributed by atoms with Gasteiger partial charge in [-0.25, -0.2) is 0 Å². The molecule has 0 spiro atoms. The SMILES string of the molecule is O=C(Cn1ccc([N+](=O)[O-])n1)N(Cc1ccccn1)C1CCCNCC1. The van der Waals surface area contributed by atoms with E-state index >= 15 is 0 Å². The van der Waals surface area contributed by atoms with Crippen LogP contribution in [0.2, 0.25) is 0 Å². The smallest absolute Gasteiger partial charge is 0.358 e. The van der Waals surface area contributed by atoms with Crippen molar-refractivity contribution >= 4 is 11.7 Å². The van der Waals surface area contributed by atoms with Crippen LogP contribution in [0.25, 0.3) is 0 Å². The van der Waals surface area contributed by atoms with E-state index in [1.165, 1.54) is 16.9 Å². The number of nitrogens with zero attached hydrogens (tertiary/aromatic N) is 5. The molecule has 0 aliphatic carbocycles. The van der Waals surface area contributed by atoms with E-state index in [9.17, 15) is 14.9 Å². The Kier molecular flexibility index (Phi) is 5.90. The number of amides is 1. The van der Waals surface area contributed by atoms with Crippen LogP contribution in [0.1, 0.15) is 25.0 Å². The molecule has 26 heavy (non-hydrogen) atoms. The maximum atomic E-state index is 13.0. The molecule has 9 heteroatoms. The summed E-state index contributed by atoms with van der Waals surface area (Å²) in [5.41, 5.74) is 0.824. The third-order valence-electron chi connectivity index (χ3n) is 4.48. The molecule has 1 N–H and O–H groups in total. The Labute approximate surface area is 151 Å². The monoisotopic (exact) mass is 358 g/mol. The summed E-state index contributed by atoms with van der Waals surface area (Å²) in [6.07, 6.45) is 5.97. The molecule has 138 valence electrons. The molecule has 3 heterocycles. The van der Waals surface area contributed by atoms with Gasteiger partial charge < -0.3 is 20.3 Å². The largest absolute Gasteiger partial charge is 0.389 e. The number of nitrogens with one attached hydrogen (secondary N) is 1. The molecule has 1 aliphatic heterocycles. The molecule has 2 aromatic rings. The molecule has 0 radical (unpaired) electrons. The lowest BCUT2D eigenvalue weighted by molar-refractivity contribution is -0.389. The average molecular weight is 358 g/mol. The molecular weight excluding hydrogens is 336 g/mol. The third kappa shape index (κ3) is 4.63. The molecular formula is C17H22N6O3. The van der Waals surface area contributed by atoms with Gasteiger partial charge in [0.05, 0.1) is 29.6 Å². The summed E-state index contributed by atoms with van der Waals surface area (Å²) in [4.78, 5) is 29.3. The van der Waals surface area contributed by atoms with Crippen LogP contribution in [0.4, 0.5) is 5.82 Å². The predicted octanol–water partition coefficient (Wildman–Crippen LogP) is 1.36. The number of carbonyl (C=O) groups excluding carboxylic acids is 1. The number of hydrogen-bond acceptors (Lipinski definition) is 6. The summed E-state index contributed by atoms with van der Waals surface area (Å²) in [5, 5.41) is 18.0. The van der Waals surface area contributed by atoms with Crippen LogP contribution < -0.4 is 5.32 Å². The lowest BCUT2D eigenvalue weighted by atomic mass is 10.1. The van der Waals surface area contributed by atoms with Crippen molar-refractivity contribution in [2.24, 2.45) is 0 Å². The number of aromatic nitrogens is 3. The molecule has 2 aromatic heterocycles. The first-order chi connectivity index (χ1) is 12.6. The Morgan fingerprint density at radius 1 is 1.35 bits per heavy atom. The highest BCUT2D eigenvalue weighted by Crippen LogP contribution is 2.17. The molecule has 0 saturated carbocycles. The third-order valence-corrected chi connectivity index (χ3v) is 4.48. The van der Waals surface area contributed by atoms with Crippen molar-refractivity contribution in [2.75, 3.05) is 13.1 Å². The fourth-order valence-electron chi connectivity index (χ4n) is 3.17. The van der Waals surface area contributed by atoms with Crippen LogP contribution in [0, 0.1) is 10.1 Å². The van der Waals surface area contributed by atoms with E-state index in [-0.39, 0.29) is 24.3 Å². The highest BCUT2D eigenvalue weighted by Gasteiger charge is 2.26. The summed E-state index contributed by atoms with van der Waals surface area (Å²) in [6, 6.07) is 7.05. The molecule has 0 bridgehead atoms. The summed E-state index contributed by atoms with van der Waals surface area (Å²) in [7, 11) is 0. The first-order valence-electron chi connectivity index (χ1n) is 8.71. The van der Waals surface area contributed by atoms with E-state index in [4.69, 9.17) is 0 Å². The highest BCUT2D eigenvalue weighted by atomic mass is 16.6. The molecule has 0 aromatic carbocycles. The second kappa shape index (κ2) is 8.52. The summed E-state index contributed by atoms with van der Waals surface area (Å²) in [5.74, 6) is -0.367. The fraction of sp³-hybridized carbons (Fsp3) is 0.471. The lowest BCUT2D eigenvalue weighted by Crippen LogP contribution is -2.42. The van der Waals surface area contributed by atoms with Crippen molar-refractivity contribution < 1.29 is 9.72 Å². The number of nitro groups is 1. The quantitative estimate of drug-likeness (QED) is 0.617. The Balaban J connectivity index is 1.76. The maximum absolute atomic E-state index is 13.0. The zero-order valence-electron chi connectivity index (χ0n) is 14.5. The van der Waals surface area contributed by atoms with E-state index in [0.717, 1.165) is 38.0 Å². The van der Waals surface area contributed by atoms with Gasteiger partial charge in [0.1, 0.15) is 6.54 Å². The van der Waals surface area contributed by atoms with Crippen molar-refractivity contribution in [3.05, 3.63) is 52.5 Å². The van der Waals surface area contributed by atoms with Crippen LogP contribution in [-0.4, -0.2) is 49.6 Å². The first-order valence-corrected chi connectivity index (χ1v) is 8.71. The molecule has 1 amide bonds. The average Bonchev–Trinajstić information content (AvgIpc) is 2.94.